The summed E-state index contributed by atoms with van der Waals surface area (Å²) >= 11 is 0. The average molecular weight is 183 g/mol. The molecule has 0 atom stereocenters. The van der Waals surface area contributed by atoms with Crippen molar-refractivity contribution in [1.82, 2.24) is 0 Å². The first-order valence-electron chi connectivity index (χ1n) is 4.14. The molecule has 2 nitrogen and oxygen atoms in total. The maximum atomic E-state index is 13.5. The molecule has 0 aliphatic carbocycles. The molecular weight excluding hydrogens is 169 g/mol. The van der Waals surface area contributed by atoms with Crippen LogP contribution in [0.1, 0.15) is 25.0 Å². The van der Waals surface area contributed by atoms with Gasteiger partial charge in [0.1, 0.15) is 5.67 Å². The molecule has 2 N–H and O–H groups in total. The zero-order valence-corrected chi connectivity index (χ0v) is 7.88. The van der Waals surface area contributed by atoms with E-state index < -0.39 is 5.67 Å². The Hall–Kier alpha value is -0.930. The van der Waals surface area contributed by atoms with Crippen LogP contribution in [0.2, 0.25) is 0 Å². The summed E-state index contributed by atoms with van der Waals surface area (Å²) in [6, 6.07) is 7.15. The first-order valence-corrected chi connectivity index (χ1v) is 4.14. The lowest BCUT2D eigenvalue weighted by molar-refractivity contribution is 0.123. The van der Waals surface area contributed by atoms with E-state index in [0.717, 1.165) is 5.56 Å². The van der Waals surface area contributed by atoms with Crippen molar-refractivity contribution in [1.29, 1.82) is 0 Å². The van der Waals surface area contributed by atoms with Crippen LogP contribution >= 0.6 is 0 Å². The Labute approximate surface area is 77.5 Å². The number of nitrogens with two attached hydrogens (primary N) is 1. The molecule has 0 radical (unpaired) electrons. The van der Waals surface area contributed by atoms with Crippen molar-refractivity contribution in [2.45, 2.75) is 26.1 Å². The average Bonchev–Trinajstić information content (AvgIpc) is 2.04. The quantitative estimate of drug-likeness (QED) is 0.729. The summed E-state index contributed by atoms with van der Waals surface area (Å²) in [5.74, 6) is 4.93. The Bertz CT molecular complexity index is 280. The summed E-state index contributed by atoms with van der Waals surface area (Å²) < 4.78 is 13.5. The highest BCUT2D eigenvalue weighted by molar-refractivity contribution is 5.26. The number of rotatable bonds is 3. The SMILES string of the molecule is CC(C)(F)c1cccc(CON)c1. The molecule has 3 heteroatoms. The van der Waals surface area contributed by atoms with Gasteiger partial charge in [0, 0.05) is 0 Å². The van der Waals surface area contributed by atoms with Crippen molar-refractivity contribution in [3.05, 3.63) is 35.4 Å². The van der Waals surface area contributed by atoms with E-state index >= 15 is 0 Å². The molecule has 0 spiro atoms. The van der Waals surface area contributed by atoms with Crippen molar-refractivity contribution < 1.29 is 9.23 Å². The highest BCUT2D eigenvalue weighted by Crippen LogP contribution is 2.24. The molecule has 0 heterocycles. The van der Waals surface area contributed by atoms with Gasteiger partial charge in [0.05, 0.1) is 6.61 Å². The maximum Gasteiger partial charge on any atom is 0.130 e. The minimum absolute atomic E-state index is 0.309. The fourth-order valence-electron chi connectivity index (χ4n) is 1.13. The third-order valence-corrected chi connectivity index (χ3v) is 1.86. The Balaban J connectivity index is 2.92. The lowest BCUT2D eigenvalue weighted by Gasteiger charge is -2.15. The molecule has 0 saturated heterocycles. The van der Waals surface area contributed by atoms with E-state index in [9.17, 15) is 4.39 Å². The molecule has 0 fully saturated rings. The van der Waals surface area contributed by atoms with Gasteiger partial charge in [-0.15, -0.1) is 0 Å². The molecule has 0 bridgehead atoms. The number of halogens is 1. The Morgan fingerprint density at radius 2 is 2.15 bits per heavy atom. The fourth-order valence-corrected chi connectivity index (χ4v) is 1.13. The summed E-state index contributed by atoms with van der Waals surface area (Å²) in [4.78, 5) is 4.47. The van der Waals surface area contributed by atoms with Gasteiger partial charge in [-0.2, -0.15) is 0 Å². The summed E-state index contributed by atoms with van der Waals surface area (Å²) in [7, 11) is 0. The summed E-state index contributed by atoms with van der Waals surface area (Å²) in [5.41, 5.74) is 0.206. The second-order valence-corrected chi connectivity index (χ2v) is 3.48. The fraction of sp³-hybridized carbons (Fsp3) is 0.400. The highest BCUT2D eigenvalue weighted by atomic mass is 19.1. The van der Waals surface area contributed by atoms with Gasteiger partial charge in [-0.25, -0.2) is 10.3 Å². The van der Waals surface area contributed by atoms with Crippen LogP contribution in [0.5, 0.6) is 0 Å². The number of benzene rings is 1. The van der Waals surface area contributed by atoms with Gasteiger partial charge < -0.3 is 0 Å². The predicted octanol–water partition coefficient (Wildman–Crippen LogP) is 2.28. The Morgan fingerprint density at radius 1 is 1.46 bits per heavy atom. The van der Waals surface area contributed by atoms with Gasteiger partial charge in [-0.1, -0.05) is 24.3 Å². The smallest absolute Gasteiger partial charge is 0.130 e. The molecule has 0 amide bonds. The van der Waals surface area contributed by atoms with E-state index in [4.69, 9.17) is 5.90 Å². The van der Waals surface area contributed by atoms with Crippen molar-refractivity contribution in [2.24, 2.45) is 5.90 Å². The molecule has 0 aliphatic heterocycles. The number of hydrogen-bond donors (Lipinski definition) is 1. The van der Waals surface area contributed by atoms with E-state index in [0.29, 0.717) is 12.2 Å². The Kier molecular flexibility index (Phi) is 3.01. The topological polar surface area (TPSA) is 35.2 Å². The van der Waals surface area contributed by atoms with E-state index in [1.54, 1.807) is 18.2 Å². The third-order valence-electron chi connectivity index (χ3n) is 1.86. The highest BCUT2D eigenvalue weighted by Gasteiger charge is 2.18. The van der Waals surface area contributed by atoms with Crippen molar-refractivity contribution in [2.75, 3.05) is 0 Å². The molecule has 0 aromatic heterocycles. The van der Waals surface area contributed by atoms with E-state index in [-0.39, 0.29) is 0 Å². The van der Waals surface area contributed by atoms with Crippen LogP contribution in [0.4, 0.5) is 4.39 Å². The van der Waals surface area contributed by atoms with Gasteiger partial charge in [-0.05, 0) is 25.0 Å². The van der Waals surface area contributed by atoms with Crippen LogP contribution in [0.25, 0.3) is 0 Å². The largest absolute Gasteiger partial charge is 0.300 e. The van der Waals surface area contributed by atoms with Gasteiger partial charge >= 0.3 is 0 Å². The maximum absolute atomic E-state index is 13.5. The number of hydrogen-bond acceptors (Lipinski definition) is 2. The Morgan fingerprint density at radius 3 is 2.69 bits per heavy atom. The van der Waals surface area contributed by atoms with Crippen molar-refractivity contribution in [3.63, 3.8) is 0 Å². The molecule has 1 rings (SSSR count). The van der Waals surface area contributed by atoms with Gasteiger partial charge in [0.25, 0.3) is 0 Å². The summed E-state index contributed by atoms with van der Waals surface area (Å²) in [6.07, 6.45) is 0. The van der Waals surface area contributed by atoms with Crippen LogP contribution < -0.4 is 5.90 Å². The van der Waals surface area contributed by atoms with Crippen molar-refractivity contribution >= 4 is 0 Å². The molecule has 0 saturated carbocycles. The van der Waals surface area contributed by atoms with E-state index in [2.05, 4.69) is 4.84 Å². The molecule has 72 valence electrons. The summed E-state index contributed by atoms with van der Waals surface area (Å²) in [5, 5.41) is 0. The van der Waals surface area contributed by atoms with Crippen LogP contribution in [0.15, 0.2) is 24.3 Å². The normalized spacial score (nSPS) is 11.7. The lowest BCUT2D eigenvalue weighted by atomic mass is 9.98. The van der Waals surface area contributed by atoms with Gasteiger partial charge in [0.15, 0.2) is 0 Å². The summed E-state index contributed by atoms with van der Waals surface area (Å²) in [6.45, 7) is 3.36. The molecular formula is C10H14FNO. The van der Waals surface area contributed by atoms with Crippen molar-refractivity contribution in [3.8, 4) is 0 Å². The molecule has 0 unspecified atom stereocenters. The van der Waals surface area contributed by atoms with Crippen LogP contribution in [-0.4, -0.2) is 0 Å². The number of alkyl halides is 1. The third kappa shape index (κ3) is 2.79. The van der Waals surface area contributed by atoms with Gasteiger partial charge in [0.2, 0.25) is 0 Å². The molecule has 0 aliphatic rings. The first-order chi connectivity index (χ1) is 6.04. The first kappa shape index (κ1) is 10.2. The van der Waals surface area contributed by atoms with Crippen LogP contribution in [0, 0.1) is 0 Å². The van der Waals surface area contributed by atoms with Gasteiger partial charge in [-0.3, -0.25) is 4.84 Å². The van der Waals surface area contributed by atoms with Crippen LogP contribution in [0.3, 0.4) is 0 Å². The zero-order valence-electron chi connectivity index (χ0n) is 7.88. The standard InChI is InChI=1S/C10H14FNO/c1-10(2,11)9-5-3-4-8(6-9)7-13-12/h3-6H,7,12H2,1-2H3. The molecule has 1 aromatic carbocycles. The second-order valence-electron chi connectivity index (χ2n) is 3.48. The molecule has 1 aromatic rings. The molecule has 13 heavy (non-hydrogen) atoms. The van der Waals surface area contributed by atoms with Crippen LogP contribution in [-0.2, 0) is 17.1 Å². The van der Waals surface area contributed by atoms with E-state index in [1.807, 2.05) is 6.07 Å². The minimum atomic E-state index is -1.31. The zero-order chi connectivity index (χ0) is 9.90. The monoisotopic (exact) mass is 183 g/mol. The van der Waals surface area contributed by atoms with E-state index in [1.165, 1.54) is 13.8 Å². The second kappa shape index (κ2) is 3.85. The predicted molar refractivity (Wildman–Crippen MR) is 49.6 cm³/mol. The minimum Gasteiger partial charge on any atom is -0.300 e. The lowest BCUT2D eigenvalue weighted by Crippen LogP contribution is -2.09.